The summed E-state index contributed by atoms with van der Waals surface area (Å²) < 4.78 is 17.5. The third-order valence-corrected chi connectivity index (χ3v) is 5.75. The van der Waals surface area contributed by atoms with Crippen LogP contribution in [0.4, 0.5) is 4.79 Å². The molecule has 4 rings (SSSR count). The van der Waals surface area contributed by atoms with Gasteiger partial charge in [0.2, 0.25) is 0 Å². The predicted octanol–water partition coefficient (Wildman–Crippen LogP) is 5.12. The molecule has 2 unspecified atom stereocenters. The van der Waals surface area contributed by atoms with Gasteiger partial charge in [-0.05, 0) is 52.2 Å². The van der Waals surface area contributed by atoms with Crippen LogP contribution in [0.1, 0.15) is 62.9 Å². The zero-order valence-corrected chi connectivity index (χ0v) is 17.3. The van der Waals surface area contributed by atoms with Crippen molar-refractivity contribution in [3.8, 4) is 11.5 Å². The number of rotatable bonds is 2. The van der Waals surface area contributed by atoms with E-state index in [0.29, 0.717) is 13.2 Å². The number of piperidine rings is 1. The van der Waals surface area contributed by atoms with Gasteiger partial charge in [-0.2, -0.15) is 0 Å². The molecule has 28 heavy (non-hydrogen) atoms. The SMILES string of the molecule is CC(C)(C)OC(=O)N1CCCCC1c1csc(C2COc3ccccc3O2)n1. The summed E-state index contributed by atoms with van der Waals surface area (Å²) in [5.41, 5.74) is 0.403. The molecule has 2 aromatic rings. The van der Waals surface area contributed by atoms with Crippen molar-refractivity contribution in [3.63, 3.8) is 0 Å². The van der Waals surface area contributed by atoms with Crippen molar-refractivity contribution in [3.05, 3.63) is 40.3 Å². The summed E-state index contributed by atoms with van der Waals surface area (Å²) in [6, 6.07) is 7.61. The van der Waals surface area contributed by atoms with Crippen LogP contribution in [0.5, 0.6) is 11.5 Å². The number of ether oxygens (including phenoxy) is 3. The number of para-hydroxylation sites is 2. The fourth-order valence-corrected chi connectivity index (χ4v) is 4.40. The fourth-order valence-electron chi connectivity index (χ4n) is 3.52. The lowest BCUT2D eigenvalue weighted by Gasteiger charge is -2.36. The molecule has 2 aliphatic rings. The number of benzene rings is 1. The maximum Gasteiger partial charge on any atom is 0.410 e. The Morgan fingerprint density at radius 3 is 2.82 bits per heavy atom. The topological polar surface area (TPSA) is 60.9 Å². The van der Waals surface area contributed by atoms with Crippen molar-refractivity contribution in [1.82, 2.24) is 9.88 Å². The summed E-state index contributed by atoms with van der Waals surface area (Å²) in [6.07, 6.45) is 2.47. The molecule has 0 bridgehead atoms. The van der Waals surface area contributed by atoms with Crippen LogP contribution in [0.2, 0.25) is 0 Å². The largest absolute Gasteiger partial charge is 0.485 e. The highest BCUT2D eigenvalue weighted by Gasteiger charge is 2.34. The van der Waals surface area contributed by atoms with E-state index in [1.54, 1.807) is 11.3 Å². The van der Waals surface area contributed by atoms with Gasteiger partial charge in [0, 0.05) is 11.9 Å². The number of aromatic nitrogens is 1. The third kappa shape index (κ3) is 4.09. The van der Waals surface area contributed by atoms with Gasteiger partial charge in [0.25, 0.3) is 0 Å². The fraction of sp³-hybridized carbons (Fsp3) is 0.524. The van der Waals surface area contributed by atoms with E-state index >= 15 is 0 Å². The van der Waals surface area contributed by atoms with Crippen molar-refractivity contribution < 1.29 is 19.0 Å². The number of hydrogen-bond donors (Lipinski definition) is 0. The standard InChI is InChI=1S/C21H26N2O4S/c1-21(2,3)27-20(24)23-11-7-6-8-15(23)14-13-28-19(22-14)18-12-25-16-9-4-5-10-17(16)26-18/h4-5,9-10,13,15,18H,6-8,11-12H2,1-3H3. The minimum absolute atomic E-state index is 0.0506. The highest BCUT2D eigenvalue weighted by atomic mass is 32.1. The number of nitrogens with zero attached hydrogens (tertiary/aromatic N) is 2. The van der Waals surface area contributed by atoms with Crippen molar-refractivity contribution in [2.45, 2.75) is 57.8 Å². The van der Waals surface area contributed by atoms with E-state index in [1.807, 2.05) is 55.3 Å². The molecule has 0 radical (unpaired) electrons. The molecule has 0 aliphatic carbocycles. The highest BCUT2D eigenvalue weighted by molar-refractivity contribution is 7.09. The van der Waals surface area contributed by atoms with Gasteiger partial charge in [0.15, 0.2) is 17.6 Å². The smallest absolute Gasteiger partial charge is 0.410 e. The second-order valence-electron chi connectivity index (χ2n) is 8.16. The quantitative estimate of drug-likeness (QED) is 0.698. The molecule has 1 amide bonds. The van der Waals surface area contributed by atoms with E-state index in [9.17, 15) is 4.79 Å². The molecule has 150 valence electrons. The normalized spacial score (nSPS) is 22.0. The number of carbonyl (C=O) groups is 1. The first kappa shape index (κ1) is 19.1. The number of carbonyl (C=O) groups excluding carboxylic acids is 1. The van der Waals surface area contributed by atoms with E-state index in [0.717, 1.165) is 41.5 Å². The first-order chi connectivity index (χ1) is 13.4. The average Bonchev–Trinajstić information content (AvgIpc) is 3.16. The number of likely N-dealkylation sites (tertiary alicyclic amines) is 1. The average molecular weight is 403 g/mol. The molecule has 1 saturated heterocycles. The van der Waals surface area contributed by atoms with Gasteiger partial charge in [-0.25, -0.2) is 9.78 Å². The van der Waals surface area contributed by atoms with Gasteiger partial charge in [0.05, 0.1) is 11.7 Å². The lowest BCUT2D eigenvalue weighted by Crippen LogP contribution is -2.42. The van der Waals surface area contributed by atoms with Gasteiger partial charge in [-0.15, -0.1) is 11.3 Å². The minimum atomic E-state index is -0.507. The summed E-state index contributed by atoms with van der Waals surface area (Å²) in [6.45, 7) is 6.81. The van der Waals surface area contributed by atoms with Crippen molar-refractivity contribution in [2.75, 3.05) is 13.2 Å². The Labute approximate surface area is 169 Å². The first-order valence-electron chi connectivity index (χ1n) is 9.74. The van der Waals surface area contributed by atoms with Gasteiger partial charge < -0.3 is 14.2 Å². The molecular weight excluding hydrogens is 376 g/mol. The van der Waals surface area contributed by atoms with E-state index in [-0.39, 0.29) is 18.2 Å². The Morgan fingerprint density at radius 1 is 1.25 bits per heavy atom. The Bertz CT molecular complexity index is 845. The molecule has 1 aromatic heterocycles. The summed E-state index contributed by atoms with van der Waals surface area (Å²) in [4.78, 5) is 19.3. The highest BCUT2D eigenvalue weighted by Crippen LogP contribution is 2.38. The number of amides is 1. The minimum Gasteiger partial charge on any atom is -0.485 e. The van der Waals surface area contributed by atoms with Crippen LogP contribution in [-0.4, -0.2) is 34.7 Å². The lowest BCUT2D eigenvalue weighted by molar-refractivity contribution is 0.00899. The third-order valence-electron chi connectivity index (χ3n) is 4.80. The molecule has 0 N–H and O–H groups in total. The molecule has 3 heterocycles. The molecule has 0 spiro atoms. The summed E-state index contributed by atoms with van der Waals surface area (Å²) in [5.74, 6) is 1.50. The van der Waals surface area contributed by atoms with Crippen LogP contribution in [0.25, 0.3) is 0 Å². The number of thiazole rings is 1. The summed E-state index contributed by atoms with van der Waals surface area (Å²) in [5, 5.41) is 2.91. The van der Waals surface area contributed by atoms with E-state index in [2.05, 4.69) is 0 Å². The molecular formula is C21H26N2O4S. The summed E-state index contributed by atoms with van der Waals surface area (Å²) in [7, 11) is 0. The number of fused-ring (bicyclic) bond motifs is 1. The Morgan fingerprint density at radius 2 is 2.04 bits per heavy atom. The van der Waals surface area contributed by atoms with Crippen LogP contribution < -0.4 is 9.47 Å². The maximum absolute atomic E-state index is 12.7. The Hall–Kier alpha value is -2.28. The lowest BCUT2D eigenvalue weighted by atomic mass is 10.0. The van der Waals surface area contributed by atoms with Crippen molar-refractivity contribution >= 4 is 17.4 Å². The van der Waals surface area contributed by atoms with Gasteiger partial charge >= 0.3 is 6.09 Å². The summed E-state index contributed by atoms with van der Waals surface area (Å²) >= 11 is 1.56. The first-order valence-corrected chi connectivity index (χ1v) is 10.6. The molecule has 6 nitrogen and oxygen atoms in total. The molecule has 1 fully saturated rings. The molecule has 7 heteroatoms. The van der Waals surface area contributed by atoms with E-state index in [4.69, 9.17) is 19.2 Å². The maximum atomic E-state index is 12.7. The van der Waals surface area contributed by atoms with Crippen molar-refractivity contribution in [1.29, 1.82) is 0 Å². The van der Waals surface area contributed by atoms with Gasteiger partial charge in [-0.1, -0.05) is 12.1 Å². The van der Waals surface area contributed by atoms with E-state index < -0.39 is 5.60 Å². The number of hydrogen-bond acceptors (Lipinski definition) is 6. The van der Waals surface area contributed by atoms with Crippen LogP contribution >= 0.6 is 11.3 Å². The van der Waals surface area contributed by atoms with Crippen LogP contribution in [0, 0.1) is 0 Å². The zero-order valence-electron chi connectivity index (χ0n) is 16.5. The predicted molar refractivity (Wildman–Crippen MR) is 107 cm³/mol. The van der Waals surface area contributed by atoms with Crippen LogP contribution in [0.3, 0.4) is 0 Å². The van der Waals surface area contributed by atoms with Crippen LogP contribution in [-0.2, 0) is 4.74 Å². The molecule has 1 aromatic carbocycles. The van der Waals surface area contributed by atoms with Gasteiger partial charge in [-0.3, -0.25) is 4.90 Å². The van der Waals surface area contributed by atoms with Gasteiger partial charge in [0.1, 0.15) is 17.2 Å². The molecule has 2 aliphatic heterocycles. The Kier molecular flexibility index (Phi) is 5.19. The monoisotopic (exact) mass is 402 g/mol. The van der Waals surface area contributed by atoms with E-state index in [1.165, 1.54) is 0 Å². The van der Waals surface area contributed by atoms with Crippen LogP contribution in [0.15, 0.2) is 29.6 Å². The second-order valence-corrected chi connectivity index (χ2v) is 9.05. The van der Waals surface area contributed by atoms with Crippen molar-refractivity contribution in [2.24, 2.45) is 0 Å². The Balaban J connectivity index is 1.50. The zero-order chi connectivity index (χ0) is 19.7. The molecule has 2 atom stereocenters. The molecule has 0 saturated carbocycles. The second kappa shape index (κ2) is 7.62.